The molecule has 0 aliphatic heterocycles. The summed E-state index contributed by atoms with van der Waals surface area (Å²) in [5.74, 6) is -0.854. The van der Waals surface area contributed by atoms with Gasteiger partial charge in [0.25, 0.3) is 0 Å². The second-order valence-corrected chi connectivity index (χ2v) is 11.7. The Balaban J connectivity index is 3.48. The van der Waals surface area contributed by atoms with E-state index in [0.29, 0.717) is 5.04 Å². The van der Waals surface area contributed by atoms with Crippen LogP contribution in [0.15, 0.2) is 12.2 Å². The predicted octanol–water partition coefficient (Wildman–Crippen LogP) is 4.99. The summed E-state index contributed by atoms with van der Waals surface area (Å²) in [7, 11) is -1.57. The van der Waals surface area contributed by atoms with Crippen LogP contribution >= 0.6 is 0 Å². The van der Waals surface area contributed by atoms with Gasteiger partial charge in [0.05, 0.1) is 0 Å². The first kappa shape index (κ1) is 19.4. The van der Waals surface area contributed by atoms with E-state index in [1.54, 1.807) is 6.08 Å². The number of rotatable bonds is 10. The van der Waals surface area contributed by atoms with Crippen molar-refractivity contribution in [3.63, 3.8) is 0 Å². The van der Waals surface area contributed by atoms with Crippen LogP contribution in [0.5, 0.6) is 0 Å². The van der Waals surface area contributed by atoms with Gasteiger partial charge < -0.3 is 9.53 Å². The van der Waals surface area contributed by atoms with Crippen molar-refractivity contribution < 1.29 is 14.3 Å². The topological polar surface area (TPSA) is 46.5 Å². The van der Waals surface area contributed by atoms with Crippen molar-refractivity contribution in [1.82, 2.24) is 0 Å². The van der Waals surface area contributed by atoms with Gasteiger partial charge in [0.15, 0.2) is 8.32 Å². The van der Waals surface area contributed by atoms with Crippen molar-refractivity contribution in [2.75, 3.05) is 6.61 Å². The fourth-order valence-corrected chi connectivity index (χ4v) is 2.71. The average Bonchev–Trinajstić information content (AvgIpc) is 2.29. The predicted molar refractivity (Wildman–Crippen MR) is 87.6 cm³/mol. The van der Waals surface area contributed by atoms with Gasteiger partial charge in [0, 0.05) is 12.7 Å². The fraction of sp³-hybridized carbons (Fsp3) is 0.812. The van der Waals surface area contributed by atoms with Crippen molar-refractivity contribution in [3.05, 3.63) is 12.2 Å². The highest BCUT2D eigenvalue weighted by Crippen LogP contribution is 2.36. The van der Waals surface area contributed by atoms with E-state index >= 15 is 0 Å². The second kappa shape index (κ2) is 9.35. The highest BCUT2D eigenvalue weighted by molar-refractivity contribution is 6.74. The lowest BCUT2D eigenvalue weighted by atomic mass is 10.1. The lowest BCUT2D eigenvalue weighted by molar-refractivity contribution is -0.131. The van der Waals surface area contributed by atoms with E-state index in [4.69, 9.17) is 9.53 Å². The molecule has 0 saturated heterocycles. The second-order valence-electron chi connectivity index (χ2n) is 6.91. The van der Waals surface area contributed by atoms with E-state index in [1.807, 2.05) is 0 Å². The molecule has 0 aromatic rings. The molecule has 0 aromatic heterocycles. The minimum atomic E-state index is -1.57. The molecule has 4 heteroatoms. The van der Waals surface area contributed by atoms with E-state index in [0.717, 1.165) is 25.9 Å². The van der Waals surface area contributed by atoms with Crippen LogP contribution < -0.4 is 0 Å². The molecular weight excluding hydrogens is 268 g/mol. The van der Waals surface area contributed by atoms with Gasteiger partial charge in [-0.15, -0.1) is 0 Å². The number of unbranched alkanes of at least 4 members (excludes halogenated alkanes) is 5. The van der Waals surface area contributed by atoms with Gasteiger partial charge in [-0.05, 0) is 37.4 Å². The molecule has 118 valence electrons. The Kier molecular flexibility index (Phi) is 9.06. The number of allylic oxidation sites excluding steroid dienone is 1. The Morgan fingerprint density at radius 1 is 1.10 bits per heavy atom. The molecule has 0 unspecified atom stereocenters. The molecule has 0 saturated carbocycles. The standard InChI is InChI=1S/C16H32O3Si/c1-16(2,3)20(4,5)19-14-12-10-8-6-7-9-11-13-15(17)18/h11,13H,6-10,12,14H2,1-5H3,(H,17,18). The normalized spacial score (nSPS) is 13.1. The van der Waals surface area contributed by atoms with Crippen LogP contribution in [0.4, 0.5) is 0 Å². The Morgan fingerprint density at radius 3 is 2.20 bits per heavy atom. The summed E-state index contributed by atoms with van der Waals surface area (Å²) in [6.45, 7) is 12.3. The van der Waals surface area contributed by atoms with Gasteiger partial charge in [-0.2, -0.15) is 0 Å². The van der Waals surface area contributed by atoms with E-state index in [-0.39, 0.29) is 0 Å². The molecule has 3 nitrogen and oxygen atoms in total. The van der Waals surface area contributed by atoms with Gasteiger partial charge in [0.1, 0.15) is 0 Å². The monoisotopic (exact) mass is 300 g/mol. The SMILES string of the molecule is CC(C)(C)[Si](C)(C)OCCCCCCCC=CC(=O)O. The molecule has 0 heterocycles. The summed E-state index contributed by atoms with van der Waals surface area (Å²) in [4.78, 5) is 10.3. The Hall–Kier alpha value is -0.613. The van der Waals surface area contributed by atoms with Crippen molar-refractivity contribution >= 4 is 14.3 Å². The quantitative estimate of drug-likeness (QED) is 0.351. The summed E-state index contributed by atoms with van der Waals surface area (Å²) in [6.07, 6.45) is 9.64. The van der Waals surface area contributed by atoms with Crippen molar-refractivity contribution in [2.24, 2.45) is 0 Å². The zero-order valence-electron chi connectivity index (χ0n) is 13.9. The number of hydrogen-bond acceptors (Lipinski definition) is 2. The Labute approximate surface area is 125 Å². The highest BCUT2D eigenvalue weighted by Gasteiger charge is 2.36. The summed E-state index contributed by atoms with van der Waals surface area (Å²) in [5.41, 5.74) is 0. The van der Waals surface area contributed by atoms with Gasteiger partial charge in [0.2, 0.25) is 0 Å². The van der Waals surface area contributed by atoms with Crippen LogP contribution in [-0.4, -0.2) is 26.0 Å². The largest absolute Gasteiger partial charge is 0.478 e. The van der Waals surface area contributed by atoms with E-state index in [2.05, 4.69) is 33.9 Å². The smallest absolute Gasteiger partial charge is 0.327 e. The van der Waals surface area contributed by atoms with Crippen molar-refractivity contribution in [2.45, 2.75) is 77.4 Å². The van der Waals surface area contributed by atoms with Gasteiger partial charge >= 0.3 is 5.97 Å². The fourth-order valence-electron chi connectivity index (χ4n) is 1.62. The molecule has 0 bridgehead atoms. The first-order chi connectivity index (χ1) is 9.17. The van der Waals surface area contributed by atoms with E-state index in [1.165, 1.54) is 25.3 Å². The maximum Gasteiger partial charge on any atom is 0.327 e. The number of carbonyl (C=O) groups is 1. The van der Waals surface area contributed by atoms with Gasteiger partial charge in [-0.1, -0.05) is 46.1 Å². The lowest BCUT2D eigenvalue weighted by Crippen LogP contribution is -2.40. The first-order valence-electron chi connectivity index (χ1n) is 7.70. The summed E-state index contributed by atoms with van der Waals surface area (Å²) < 4.78 is 6.13. The summed E-state index contributed by atoms with van der Waals surface area (Å²) >= 11 is 0. The van der Waals surface area contributed by atoms with Crippen LogP contribution in [0.1, 0.15) is 59.3 Å². The molecule has 0 rings (SSSR count). The molecule has 0 spiro atoms. The lowest BCUT2D eigenvalue weighted by Gasteiger charge is -2.36. The van der Waals surface area contributed by atoms with E-state index < -0.39 is 14.3 Å². The number of carboxylic acid groups (broad SMARTS) is 1. The minimum Gasteiger partial charge on any atom is -0.478 e. The maximum absolute atomic E-state index is 10.3. The van der Waals surface area contributed by atoms with Crippen LogP contribution in [0.25, 0.3) is 0 Å². The molecular formula is C16H32O3Si. The Bertz CT molecular complexity index is 303. The third kappa shape index (κ3) is 9.32. The summed E-state index contributed by atoms with van der Waals surface area (Å²) in [5, 5.41) is 8.73. The zero-order valence-corrected chi connectivity index (χ0v) is 14.9. The van der Waals surface area contributed by atoms with Crippen molar-refractivity contribution in [1.29, 1.82) is 0 Å². The molecule has 0 aromatic carbocycles. The Morgan fingerprint density at radius 2 is 1.65 bits per heavy atom. The minimum absolute atomic E-state index is 0.295. The van der Waals surface area contributed by atoms with Crippen LogP contribution in [0, 0.1) is 0 Å². The molecule has 0 aliphatic carbocycles. The molecule has 0 fully saturated rings. The molecule has 0 aliphatic rings. The molecule has 1 N–H and O–H groups in total. The van der Waals surface area contributed by atoms with Gasteiger partial charge in [-0.3, -0.25) is 0 Å². The third-order valence-electron chi connectivity index (χ3n) is 4.04. The number of aliphatic carboxylic acids is 1. The molecule has 0 atom stereocenters. The van der Waals surface area contributed by atoms with E-state index in [9.17, 15) is 4.79 Å². The highest BCUT2D eigenvalue weighted by atomic mass is 28.4. The van der Waals surface area contributed by atoms with Crippen LogP contribution in [0.2, 0.25) is 18.1 Å². The van der Waals surface area contributed by atoms with Crippen LogP contribution in [0.3, 0.4) is 0 Å². The average molecular weight is 301 g/mol. The molecule has 0 radical (unpaired) electrons. The molecule has 20 heavy (non-hydrogen) atoms. The zero-order chi connectivity index (χ0) is 15.6. The molecule has 0 amide bonds. The third-order valence-corrected chi connectivity index (χ3v) is 8.58. The summed E-state index contributed by atoms with van der Waals surface area (Å²) in [6, 6.07) is 0. The van der Waals surface area contributed by atoms with Gasteiger partial charge in [-0.25, -0.2) is 4.79 Å². The number of carboxylic acids is 1. The number of hydrogen-bond donors (Lipinski definition) is 1. The van der Waals surface area contributed by atoms with Crippen LogP contribution in [-0.2, 0) is 9.22 Å². The first-order valence-corrected chi connectivity index (χ1v) is 10.6. The van der Waals surface area contributed by atoms with Crippen molar-refractivity contribution in [3.8, 4) is 0 Å². The maximum atomic E-state index is 10.3.